The highest BCUT2D eigenvalue weighted by Gasteiger charge is 2.05. The van der Waals surface area contributed by atoms with E-state index in [2.05, 4.69) is 15.8 Å². The molecule has 4 nitrogen and oxygen atoms in total. The van der Waals surface area contributed by atoms with Crippen LogP contribution in [0.25, 0.3) is 0 Å². The molecule has 0 unspecified atom stereocenters. The minimum atomic E-state index is 0.426. The summed E-state index contributed by atoms with van der Waals surface area (Å²) in [4.78, 5) is 0. The number of nitrogens with zero attached hydrogens (tertiary/aromatic N) is 1. The van der Waals surface area contributed by atoms with Crippen LogP contribution in [0.2, 0.25) is 10.0 Å². The molecule has 0 aromatic heterocycles. The molecule has 1 rings (SSSR count). The van der Waals surface area contributed by atoms with E-state index >= 15 is 0 Å². The van der Waals surface area contributed by atoms with Crippen molar-refractivity contribution < 1.29 is 4.74 Å². The molecule has 19 heavy (non-hydrogen) atoms. The fourth-order valence-corrected chi connectivity index (χ4v) is 1.85. The van der Waals surface area contributed by atoms with Crippen LogP contribution in [0.15, 0.2) is 23.3 Å². The molecule has 0 aliphatic heterocycles. The van der Waals surface area contributed by atoms with Gasteiger partial charge in [0.15, 0.2) is 5.11 Å². The molecular weight excluding hydrogens is 305 g/mol. The lowest BCUT2D eigenvalue weighted by molar-refractivity contribution is 0.204. The minimum absolute atomic E-state index is 0.426. The second-order valence-corrected chi connectivity index (χ2v) is 4.93. The van der Waals surface area contributed by atoms with Crippen molar-refractivity contribution in [3.05, 3.63) is 33.8 Å². The van der Waals surface area contributed by atoms with E-state index in [4.69, 9.17) is 40.2 Å². The SMILES string of the molecule is COCCNC(=S)N/N=C(/C)c1cc(Cl)ccc1Cl. The molecule has 0 bridgehead atoms. The Kier molecular flexibility index (Phi) is 7.09. The predicted molar refractivity (Wildman–Crippen MR) is 84.3 cm³/mol. The average Bonchev–Trinajstić information content (AvgIpc) is 2.39. The Labute approximate surface area is 128 Å². The molecule has 0 heterocycles. The molecule has 1 aromatic carbocycles. The van der Waals surface area contributed by atoms with Crippen molar-refractivity contribution in [3.63, 3.8) is 0 Å². The highest BCUT2D eigenvalue weighted by atomic mass is 35.5. The Morgan fingerprint density at radius 3 is 2.84 bits per heavy atom. The van der Waals surface area contributed by atoms with Gasteiger partial charge in [-0.2, -0.15) is 5.10 Å². The molecule has 104 valence electrons. The summed E-state index contributed by atoms with van der Waals surface area (Å²) in [5, 5.41) is 8.72. The molecule has 0 spiro atoms. The molecule has 2 N–H and O–H groups in total. The van der Waals surface area contributed by atoms with E-state index in [1.165, 1.54) is 0 Å². The third kappa shape index (κ3) is 5.74. The van der Waals surface area contributed by atoms with Gasteiger partial charge < -0.3 is 10.1 Å². The van der Waals surface area contributed by atoms with Crippen LogP contribution in [0.5, 0.6) is 0 Å². The number of halogens is 2. The first kappa shape index (κ1) is 16.2. The Balaban J connectivity index is 2.61. The molecule has 0 atom stereocenters. The van der Waals surface area contributed by atoms with Crippen molar-refractivity contribution in [2.45, 2.75) is 6.92 Å². The zero-order chi connectivity index (χ0) is 14.3. The van der Waals surface area contributed by atoms with Gasteiger partial charge in [0.2, 0.25) is 0 Å². The van der Waals surface area contributed by atoms with Gasteiger partial charge >= 0.3 is 0 Å². The molecule has 0 fully saturated rings. The number of nitrogens with one attached hydrogen (secondary N) is 2. The summed E-state index contributed by atoms with van der Waals surface area (Å²) in [6.07, 6.45) is 0. The molecule has 0 saturated carbocycles. The number of benzene rings is 1. The molecule has 0 aliphatic rings. The number of methoxy groups -OCH3 is 1. The van der Waals surface area contributed by atoms with E-state index in [1.54, 1.807) is 25.3 Å². The van der Waals surface area contributed by atoms with Crippen LogP contribution >= 0.6 is 35.4 Å². The second kappa shape index (κ2) is 8.32. The average molecular weight is 320 g/mol. The predicted octanol–water partition coefficient (Wildman–Crippen LogP) is 2.83. The van der Waals surface area contributed by atoms with Crippen LogP contribution in [0, 0.1) is 0 Å². The van der Waals surface area contributed by atoms with Gasteiger partial charge in [-0.25, -0.2) is 0 Å². The van der Waals surface area contributed by atoms with E-state index in [9.17, 15) is 0 Å². The monoisotopic (exact) mass is 319 g/mol. The van der Waals surface area contributed by atoms with Crippen LogP contribution in [0.1, 0.15) is 12.5 Å². The number of hydrazone groups is 1. The summed E-state index contributed by atoms with van der Waals surface area (Å²) in [6.45, 7) is 3.02. The lowest BCUT2D eigenvalue weighted by Crippen LogP contribution is -2.34. The number of hydrogen-bond donors (Lipinski definition) is 2. The van der Waals surface area contributed by atoms with Crippen molar-refractivity contribution >= 4 is 46.2 Å². The van der Waals surface area contributed by atoms with E-state index in [0.29, 0.717) is 34.0 Å². The zero-order valence-corrected chi connectivity index (χ0v) is 13.0. The van der Waals surface area contributed by atoms with Crippen LogP contribution in [-0.4, -0.2) is 31.1 Å². The topological polar surface area (TPSA) is 45.6 Å². The minimum Gasteiger partial charge on any atom is -0.383 e. The van der Waals surface area contributed by atoms with Crippen molar-refractivity contribution in [2.24, 2.45) is 5.10 Å². The van der Waals surface area contributed by atoms with E-state index in [-0.39, 0.29) is 0 Å². The van der Waals surface area contributed by atoms with E-state index < -0.39 is 0 Å². The highest BCUT2D eigenvalue weighted by molar-refractivity contribution is 7.80. The summed E-state index contributed by atoms with van der Waals surface area (Å²) in [5.74, 6) is 0. The van der Waals surface area contributed by atoms with E-state index in [0.717, 1.165) is 5.56 Å². The van der Waals surface area contributed by atoms with Crippen molar-refractivity contribution in [3.8, 4) is 0 Å². The Bertz CT molecular complexity index is 480. The lowest BCUT2D eigenvalue weighted by atomic mass is 10.1. The summed E-state index contributed by atoms with van der Waals surface area (Å²) in [7, 11) is 1.63. The van der Waals surface area contributed by atoms with Gasteiger partial charge in [0, 0.05) is 29.3 Å². The molecule has 1 aromatic rings. The standard InChI is InChI=1S/C12H15Cl2N3OS/c1-8(10-7-9(13)3-4-11(10)14)16-17-12(19)15-5-6-18-2/h3-4,7H,5-6H2,1-2H3,(H2,15,17,19)/b16-8-. The summed E-state index contributed by atoms with van der Waals surface area (Å²) >= 11 is 17.0. The first-order valence-corrected chi connectivity index (χ1v) is 6.73. The Morgan fingerprint density at radius 1 is 1.42 bits per heavy atom. The van der Waals surface area contributed by atoms with Gasteiger partial charge in [-0.15, -0.1) is 0 Å². The molecule has 0 saturated heterocycles. The van der Waals surface area contributed by atoms with Gasteiger partial charge in [0.05, 0.1) is 12.3 Å². The largest absolute Gasteiger partial charge is 0.383 e. The van der Waals surface area contributed by atoms with E-state index in [1.807, 2.05) is 6.92 Å². The molecule has 0 aliphatic carbocycles. The van der Waals surface area contributed by atoms with Crippen molar-refractivity contribution in [1.29, 1.82) is 0 Å². The Hall–Kier alpha value is -0.880. The molecule has 0 radical (unpaired) electrons. The van der Waals surface area contributed by atoms with Gasteiger partial charge in [0.25, 0.3) is 0 Å². The number of ether oxygens (including phenoxy) is 1. The first-order valence-electron chi connectivity index (χ1n) is 5.57. The summed E-state index contributed by atoms with van der Waals surface area (Å²) < 4.78 is 4.90. The molecule has 0 amide bonds. The van der Waals surface area contributed by atoms with Crippen LogP contribution in [-0.2, 0) is 4.74 Å². The fraction of sp³-hybridized carbons (Fsp3) is 0.333. The number of thiocarbonyl (C=S) groups is 1. The zero-order valence-electron chi connectivity index (χ0n) is 10.7. The quantitative estimate of drug-likeness (QED) is 0.379. The van der Waals surface area contributed by atoms with Crippen LogP contribution in [0.3, 0.4) is 0 Å². The highest BCUT2D eigenvalue weighted by Crippen LogP contribution is 2.21. The molecular formula is C12H15Cl2N3OS. The number of hydrogen-bond acceptors (Lipinski definition) is 3. The summed E-state index contributed by atoms with van der Waals surface area (Å²) in [5.41, 5.74) is 4.20. The lowest BCUT2D eigenvalue weighted by Gasteiger charge is -2.08. The van der Waals surface area contributed by atoms with Gasteiger partial charge in [-0.05, 0) is 37.3 Å². The fourth-order valence-electron chi connectivity index (χ4n) is 1.28. The maximum atomic E-state index is 6.08. The maximum absolute atomic E-state index is 6.08. The Morgan fingerprint density at radius 2 is 2.16 bits per heavy atom. The van der Waals surface area contributed by atoms with Gasteiger partial charge in [0.1, 0.15) is 0 Å². The van der Waals surface area contributed by atoms with Crippen molar-refractivity contribution in [1.82, 2.24) is 10.7 Å². The second-order valence-electron chi connectivity index (χ2n) is 3.68. The van der Waals surface area contributed by atoms with Crippen LogP contribution in [0.4, 0.5) is 0 Å². The maximum Gasteiger partial charge on any atom is 0.187 e. The third-order valence-electron chi connectivity index (χ3n) is 2.24. The number of rotatable bonds is 5. The smallest absolute Gasteiger partial charge is 0.187 e. The third-order valence-corrected chi connectivity index (χ3v) is 3.04. The van der Waals surface area contributed by atoms with Crippen molar-refractivity contribution in [2.75, 3.05) is 20.3 Å². The summed E-state index contributed by atoms with van der Waals surface area (Å²) in [6, 6.07) is 5.21. The molecule has 7 heteroatoms. The normalized spacial score (nSPS) is 11.3. The van der Waals surface area contributed by atoms with Gasteiger partial charge in [-0.1, -0.05) is 23.2 Å². The van der Waals surface area contributed by atoms with Crippen LogP contribution < -0.4 is 10.7 Å². The first-order chi connectivity index (χ1) is 9.04. The van der Waals surface area contributed by atoms with Gasteiger partial charge in [-0.3, -0.25) is 5.43 Å².